The molecule has 2 aromatic rings. The molecule has 1 aromatic carbocycles. The van der Waals surface area contributed by atoms with Crippen molar-refractivity contribution in [1.29, 1.82) is 0 Å². The molecule has 0 saturated heterocycles. The number of aryl methyl sites for hydroxylation is 2. The highest BCUT2D eigenvalue weighted by Gasteiger charge is 2.24. The average Bonchev–Trinajstić information content (AvgIpc) is 2.96. The topological polar surface area (TPSA) is 42.0 Å². The first kappa shape index (κ1) is 12.8. The van der Waals surface area contributed by atoms with E-state index in [0.717, 1.165) is 22.3 Å². The van der Waals surface area contributed by atoms with Crippen molar-refractivity contribution in [3.8, 4) is 0 Å². The maximum Gasteiger partial charge on any atom is 0.271 e. The maximum absolute atomic E-state index is 12.1. The summed E-state index contributed by atoms with van der Waals surface area (Å²) in [6, 6.07) is 6.35. The Labute approximate surface area is 124 Å². The van der Waals surface area contributed by atoms with Crippen molar-refractivity contribution in [2.75, 3.05) is 0 Å². The molecule has 1 aromatic heterocycles. The smallest absolute Gasteiger partial charge is 0.271 e. The Morgan fingerprint density at radius 3 is 3.11 bits per heavy atom. The zero-order chi connectivity index (χ0) is 13.4. The van der Waals surface area contributed by atoms with Gasteiger partial charge in [0.25, 0.3) is 5.91 Å². The maximum atomic E-state index is 12.1. The summed E-state index contributed by atoms with van der Waals surface area (Å²) in [5.41, 5.74) is 3.06. The predicted octanol–water partition coefficient (Wildman–Crippen LogP) is 3.63. The Bertz CT molecular complexity index is 638. The van der Waals surface area contributed by atoms with Crippen LogP contribution in [0.15, 0.2) is 28.1 Å². The van der Waals surface area contributed by atoms with E-state index in [2.05, 4.69) is 38.4 Å². The van der Waals surface area contributed by atoms with Gasteiger partial charge < -0.3 is 5.32 Å². The van der Waals surface area contributed by atoms with Gasteiger partial charge in [-0.05, 0) is 43.0 Å². The van der Waals surface area contributed by atoms with Crippen LogP contribution in [0.1, 0.15) is 39.1 Å². The van der Waals surface area contributed by atoms with Crippen molar-refractivity contribution in [2.24, 2.45) is 0 Å². The Kier molecular flexibility index (Phi) is 3.41. The lowest BCUT2D eigenvalue weighted by molar-refractivity contribution is 0.0932. The van der Waals surface area contributed by atoms with Crippen molar-refractivity contribution >= 4 is 33.2 Å². The molecule has 5 heteroatoms. The van der Waals surface area contributed by atoms with Crippen LogP contribution in [0.3, 0.4) is 0 Å². The Balaban J connectivity index is 1.78. The first-order valence-corrected chi connectivity index (χ1v) is 7.82. The fourth-order valence-electron chi connectivity index (χ4n) is 2.44. The summed E-state index contributed by atoms with van der Waals surface area (Å²) in [6.07, 6.45) is 1.97. The van der Waals surface area contributed by atoms with E-state index in [0.29, 0.717) is 5.69 Å². The van der Waals surface area contributed by atoms with Crippen LogP contribution in [0, 0.1) is 6.92 Å². The van der Waals surface area contributed by atoms with Gasteiger partial charge >= 0.3 is 0 Å². The third-order valence-corrected chi connectivity index (χ3v) is 4.61. The van der Waals surface area contributed by atoms with Gasteiger partial charge in [0, 0.05) is 9.85 Å². The van der Waals surface area contributed by atoms with Crippen LogP contribution in [-0.2, 0) is 6.42 Å². The van der Waals surface area contributed by atoms with Crippen molar-refractivity contribution in [3.05, 3.63) is 49.9 Å². The lowest BCUT2D eigenvalue weighted by atomic mass is 10.1. The first-order chi connectivity index (χ1) is 9.13. The second-order valence-corrected chi connectivity index (χ2v) is 6.64. The van der Waals surface area contributed by atoms with Gasteiger partial charge in [-0.2, -0.15) is 0 Å². The van der Waals surface area contributed by atoms with E-state index in [1.54, 1.807) is 0 Å². The van der Waals surface area contributed by atoms with Crippen molar-refractivity contribution in [3.63, 3.8) is 0 Å². The van der Waals surface area contributed by atoms with Gasteiger partial charge in [0.05, 0.1) is 11.0 Å². The largest absolute Gasteiger partial charge is 0.344 e. The lowest BCUT2D eigenvalue weighted by Gasteiger charge is -2.13. The quantitative estimate of drug-likeness (QED) is 0.909. The normalized spacial score (nSPS) is 17.3. The second-order valence-electron chi connectivity index (χ2n) is 4.66. The minimum atomic E-state index is -0.0786. The third-order valence-electron chi connectivity index (χ3n) is 3.34. The number of carbonyl (C=O) groups is 1. The molecule has 0 radical (unpaired) electrons. The van der Waals surface area contributed by atoms with Gasteiger partial charge in [-0.15, -0.1) is 11.3 Å². The molecule has 19 heavy (non-hydrogen) atoms. The Morgan fingerprint density at radius 1 is 1.53 bits per heavy atom. The fourth-order valence-corrected chi connectivity index (χ4v) is 3.44. The highest BCUT2D eigenvalue weighted by molar-refractivity contribution is 9.10. The number of hydrogen-bond acceptors (Lipinski definition) is 3. The van der Waals surface area contributed by atoms with Gasteiger partial charge in [0.2, 0.25) is 0 Å². The van der Waals surface area contributed by atoms with Crippen LogP contribution in [0.25, 0.3) is 0 Å². The number of hydrogen-bond donors (Lipinski definition) is 1. The molecule has 1 unspecified atom stereocenters. The van der Waals surface area contributed by atoms with Gasteiger partial charge in [0.1, 0.15) is 5.69 Å². The summed E-state index contributed by atoms with van der Waals surface area (Å²) in [5, 5.41) is 5.80. The molecule has 0 spiro atoms. The van der Waals surface area contributed by atoms with Crippen LogP contribution in [0.4, 0.5) is 0 Å². The van der Waals surface area contributed by atoms with Crippen molar-refractivity contribution in [2.45, 2.75) is 25.8 Å². The molecule has 1 aliphatic rings. The van der Waals surface area contributed by atoms with E-state index < -0.39 is 0 Å². The summed E-state index contributed by atoms with van der Waals surface area (Å²) >= 11 is 4.98. The minimum Gasteiger partial charge on any atom is -0.344 e. The van der Waals surface area contributed by atoms with Crippen LogP contribution < -0.4 is 5.32 Å². The van der Waals surface area contributed by atoms with Gasteiger partial charge in [0.15, 0.2) is 0 Å². The number of aromatic nitrogens is 1. The number of carbonyl (C=O) groups excluding carboxylic acids is 1. The number of amides is 1. The molecular formula is C14H13BrN2OS. The monoisotopic (exact) mass is 336 g/mol. The molecule has 98 valence electrons. The SMILES string of the molecule is Cc1nc(C(=O)NC2CCc3cc(Br)ccc32)cs1. The van der Waals surface area contributed by atoms with Crippen molar-refractivity contribution in [1.82, 2.24) is 10.3 Å². The lowest BCUT2D eigenvalue weighted by Crippen LogP contribution is -2.27. The summed E-state index contributed by atoms with van der Waals surface area (Å²) < 4.78 is 1.09. The number of benzene rings is 1. The van der Waals surface area contributed by atoms with Crippen molar-refractivity contribution < 1.29 is 4.79 Å². The molecule has 3 nitrogen and oxygen atoms in total. The van der Waals surface area contributed by atoms with E-state index in [1.807, 2.05) is 18.4 Å². The van der Waals surface area contributed by atoms with Gasteiger partial charge in [-0.3, -0.25) is 4.79 Å². The summed E-state index contributed by atoms with van der Waals surface area (Å²) in [7, 11) is 0. The molecule has 0 aliphatic heterocycles. The zero-order valence-corrected chi connectivity index (χ0v) is 12.8. The Hall–Kier alpha value is -1.20. The fraction of sp³-hybridized carbons (Fsp3) is 0.286. The summed E-state index contributed by atoms with van der Waals surface area (Å²) in [6.45, 7) is 1.91. The molecule has 1 aliphatic carbocycles. The number of rotatable bonds is 2. The van der Waals surface area contributed by atoms with E-state index >= 15 is 0 Å². The molecule has 1 N–H and O–H groups in total. The van der Waals surface area contributed by atoms with Gasteiger partial charge in [-0.25, -0.2) is 4.98 Å². The van der Waals surface area contributed by atoms with E-state index in [9.17, 15) is 4.79 Å². The first-order valence-electron chi connectivity index (χ1n) is 6.15. The summed E-state index contributed by atoms with van der Waals surface area (Å²) in [4.78, 5) is 16.3. The van der Waals surface area contributed by atoms with E-state index in [1.165, 1.54) is 22.5 Å². The molecule has 1 atom stereocenters. The molecule has 0 saturated carbocycles. The number of fused-ring (bicyclic) bond motifs is 1. The van der Waals surface area contributed by atoms with Crippen LogP contribution in [-0.4, -0.2) is 10.9 Å². The second kappa shape index (κ2) is 5.06. The zero-order valence-electron chi connectivity index (χ0n) is 10.4. The van der Waals surface area contributed by atoms with Crippen LogP contribution in [0.5, 0.6) is 0 Å². The van der Waals surface area contributed by atoms with Crippen LogP contribution in [0.2, 0.25) is 0 Å². The highest BCUT2D eigenvalue weighted by atomic mass is 79.9. The van der Waals surface area contributed by atoms with E-state index in [-0.39, 0.29) is 11.9 Å². The molecule has 1 amide bonds. The molecule has 0 fully saturated rings. The van der Waals surface area contributed by atoms with E-state index in [4.69, 9.17) is 0 Å². The number of halogens is 1. The molecule has 1 heterocycles. The minimum absolute atomic E-state index is 0.0786. The molecule has 0 bridgehead atoms. The summed E-state index contributed by atoms with van der Waals surface area (Å²) in [5.74, 6) is -0.0786. The predicted molar refractivity (Wildman–Crippen MR) is 79.5 cm³/mol. The Morgan fingerprint density at radius 2 is 2.37 bits per heavy atom. The highest BCUT2D eigenvalue weighted by Crippen LogP contribution is 2.33. The number of nitrogens with zero attached hydrogens (tertiary/aromatic N) is 1. The third kappa shape index (κ3) is 2.58. The number of thiazole rings is 1. The molecular weight excluding hydrogens is 324 g/mol. The molecule has 3 rings (SSSR count). The van der Waals surface area contributed by atoms with Gasteiger partial charge in [-0.1, -0.05) is 22.0 Å². The average molecular weight is 337 g/mol. The number of nitrogens with one attached hydrogen (secondary N) is 1. The standard InChI is InChI=1S/C14H13BrN2OS/c1-8-16-13(7-19-8)14(18)17-12-5-2-9-6-10(15)3-4-11(9)12/h3-4,6-7,12H,2,5H2,1H3,(H,17,18). The van der Waals surface area contributed by atoms with Crippen LogP contribution >= 0.6 is 27.3 Å².